The topological polar surface area (TPSA) is 25.8 Å². The summed E-state index contributed by atoms with van der Waals surface area (Å²) in [7, 11) is 0. The van der Waals surface area contributed by atoms with Crippen LogP contribution in [0.5, 0.6) is 0 Å². The zero-order chi connectivity index (χ0) is 39.2. The van der Waals surface area contributed by atoms with Crippen molar-refractivity contribution in [2.75, 3.05) is 0 Å². The standard InChI is InChI=1S/C54H38N2S2/c1-34-8-18-39(19-9-34)51-43-26-27-44(55-43)52(40-20-10-35(2)11-21-40)49-32-33-50(58-49)54(42-24-16-38(17-25-42)15-14-37-6-4-5-7-37)46-29-28-45(56-46)53(48-31-30-47(51)57-48)41-22-12-36(3)13-23-41/h4-13,16-33,37H,1-3H3. The van der Waals surface area contributed by atoms with Crippen molar-refractivity contribution >= 4 is 65.8 Å². The number of fused-ring (bicyclic) bond motifs is 8. The number of allylic oxidation sites excluding steroid dienone is 4. The maximum atomic E-state index is 5.51. The first-order valence-corrected chi connectivity index (χ1v) is 21.2. The number of benzene rings is 4. The lowest BCUT2D eigenvalue weighted by Crippen LogP contribution is -1.87. The van der Waals surface area contributed by atoms with Gasteiger partial charge in [0.15, 0.2) is 0 Å². The molecule has 276 valence electrons. The fraction of sp³-hybridized carbons (Fsp3) is 0.0741. The summed E-state index contributed by atoms with van der Waals surface area (Å²) in [5.74, 6) is 6.92. The van der Waals surface area contributed by atoms with Crippen molar-refractivity contribution in [1.29, 1.82) is 0 Å². The molecule has 0 spiro atoms. The highest BCUT2D eigenvalue weighted by molar-refractivity contribution is 7.24. The van der Waals surface area contributed by atoms with E-state index in [2.05, 4.69) is 203 Å². The molecule has 0 radical (unpaired) electrons. The smallest absolute Gasteiger partial charge is 0.0730 e. The molecule has 0 fully saturated rings. The Morgan fingerprint density at radius 3 is 1.03 bits per heavy atom. The lowest BCUT2D eigenvalue weighted by atomic mass is 10.0. The van der Waals surface area contributed by atoms with Gasteiger partial charge in [-0.1, -0.05) is 138 Å². The molecule has 2 nitrogen and oxygen atoms in total. The van der Waals surface area contributed by atoms with E-state index < -0.39 is 0 Å². The fourth-order valence-corrected chi connectivity index (χ4v) is 10.1. The minimum atomic E-state index is 0.163. The Morgan fingerprint density at radius 1 is 0.397 bits per heavy atom. The molecule has 10 rings (SSSR count). The molecule has 5 heterocycles. The van der Waals surface area contributed by atoms with Gasteiger partial charge in [0, 0.05) is 46.6 Å². The Labute approximate surface area is 347 Å². The molecule has 58 heavy (non-hydrogen) atoms. The number of nitrogens with zero attached hydrogens (tertiary/aromatic N) is 2. The maximum absolute atomic E-state index is 5.51. The highest BCUT2D eigenvalue weighted by Crippen LogP contribution is 2.43. The Morgan fingerprint density at radius 2 is 0.707 bits per heavy atom. The molecule has 4 aromatic carbocycles. The van der Waals surface area contributed by atoms with Crippen LogP contribution in [0.25, 0.3) is 87.6 Å². The van der Waals surface area contributed by atoms with Gasteiger partial charge in [-0.05, 0) is 104 Å². The van der Waals surface area contributed by atoms with Crippen LogP contribution in [0.3, 0.4) is 0 Å². The zero-order valence-corrected chi connectivity index (χ0v) is 34.1. The molecule has 2 aliphatic heterocycles. The summed E-state index contributed by atoms with van der Waals surface area (Å²) in [6, 6.07) is 44.2. The molecule has 0 N–H and O–H groups in total. The van der Waals surface area contributed by atoms with Gasteiger partial charge < -0.3 is 0 Å². The van der Waals surface area contributed by atoms with E-state index in [0.717, 1.165) is 91.6 Å². The number of rotatable bonds is 4. The average Bonchev–Trinajstić information content (AvgIpc) is 4.10. The summed E-state index contributed by atoms with van der Waals surface area (Å²) >= 11 is 3.59. The van der Waals surface area contributed by atoms with Crippen LogP contribution in [0.1, 0.15) is 45.0 Å². The molecule has 0 saturated heterocycles. The van der Waals surface area contributed by atoms with Gasteiger partial charge in [0.1, 0.15) is 0 Å². The van der Waals surface area contributed by atoms with Crippen molar-refractivity contribution in [2.45, 2.75) is 20.8 Å². The monoisotopic (exact) mass is 778 g/mol. The molecular formula is C54H38N2S2. The molecule has 4 heteroatoms. The minimum absolute atomic E-state index is 0.163. The zero-order valence-electron chi connectivity index (χ0n) is 32.5. The molecule has 8 bridgehead atoms. The Balaban J connectivity index is 1.31. The lowest BCUT2D eigenvalue weighted by molar-refractivity contribution is 1.15. The first kappa shape index (κ1) is 35.8. The minimum Gasteiger partial charge on any atom is -0.248 e. The van der Waals surface area contributed by atoms with Crippen molar-refractivity contribution in [2.24, 2.45) is 5.92 Å². The second kappa shape index (κ2) is 15.0. The van der Waals surface area contributed by atoms with Crippen LogP contribution in [0.4, 0.5) is 0 Å². The first-order valence-electron chi connectivity index (χ1n) is 19.6. The molecule has 1 aliphatic carbocycles. The van der Waals surface area contributed by atoms with Crippen molar-refractivity contribution < 1.29 is 0 Å². The van der Waals surface area contributed by atoms with Gasteiger partial charge in [-0.2, -0.15) is 0 Å². The predicted molar refractivity (Wildman–Crippen MR) is 251 cm³/mol. The van der Waals surface area contributed by atoms with Crippen molar-refractivity contribution in [3.63, 3.8) is 0 Å². The third-order valence-electron chi connectivity index (χ3n) is 10.8. The van der Waals surface area contributed by atoms with Gasteiger partial charge >= 0.3 is 0 Å². The van der Waals surface area contributed by atoms with E-state index >= 15 is 0 Å². The third-order valence-corrected chi connectivity index (χ3v) is 13.1. The quantitative estimate of drug-likeness (QED) is 0.166. The van der Waals surface area contributed by atoms with E-state index in [9.17, 15) is 0 Å². The fourth-order valence-electron chi connectivity index (χ4n) is 7.74. The van der Waals surface area contributed by atoms with E-state index in [0.29, 0.717) is 0 Å². The average molecular weight is 779 g/mol. The summed E-state index contributed by atoms with van der Waals surface area (Å²) in [5.41, 5.74) is 17.5. The maximum Gasteiger partial charge on any atom is 0.0730 e. The van der Waals surface area contributed by atoms with Gasteiger partial charge in [0.05, 0.1) is 28.7 Å². The van der Waals surface area contributed by atoms with Gasteiger partial charge in [-0.15, -0.1) is 22.7 Å². The number of aromatic nitrogens is 2. The Hall–Kier alpha value is -6.64. The molecule has 0 saturated carbocycles. The molecular weight excluding hydrogens is 741 g/mol. The normalized spacial score (nSPS) is 12.9. The summed E-state index contributed by atoms with van der Waals surface area (Å²) in [5, 5.41) is 0. The van der Waals surface area contributed by atoms with E-state index in [1.54, 1.807) is 22.7 Å². The number of hydrogen-bond donors (Lipinski definition) is 0. The molecule has 7 aromatic rings. The second-order valence-electron chi connectivity index (χ2n) is 15.0. The number of thiophene rings is 2. The molecule has 3 aliphatic rings. The molecule has 3 aromatic heterocycles. The van der Waals surface area contributed by atoms with Crippen LogP contribution in [0.2, 0.25) is 0 Å². The van der Waals surface area contributed by atoms with E-state index in [-0.39, 0.29) is 5.92 Å². The van der Waals surface area contributed by atoms with Crippen LogP contribution in [-0.2, 0) is 0 Å². The van der Waals surface area contributed by atoms with E-state index in [1.165, 1.54) is 16.7 Å². The molecule has 0 atom stereocenters. The molecule has 0 unspecified atom stereocenters. The lowest BCUT2D eigenvalue weighted by Gasteiger charge is -2.07. The molecule has 0 amide bonds. The summed E-state index contributed by atoms with van der Waals surface area (Å²) < 4.78 is 4.62. The van der Waals surface area contributed by atoms with Crippen LogP contribution in [-0.4, -0.2) is 9.97 Å². The second-order valence-corrected chi connectivity index (χ2v) is 17.2. The third kappa shape index (κ3) is 6.90. The summed E-state index contributed by atoms with van der Waals surface area (Å²) in [4.78, 5) is 11.0. The summed E-state index contributed by atoms with van der Waals surface area (Å²) in [6.07, 6.45) is 17.1. The largest absolute Gasteiger partial charge is 0.248 e. The highest BCUT2D eigenvalue weighted by Gasteiger charge is 2.19. The van der Waals surface area contributed by atoms with Crippen LogP contribution < -0.4 is 0 Å². The Bertz CT molecular complexity index is 3050. The van der Waals surface area contributed by atoms with Crippen LogP contribution in [0, 0.1) is 38.5 Å². The van der Waals surface area contributed by atoms with Gasteiger partial charge in [-0.3, -0.25) is 0 Å². The van der Waals surface area contributed by atoms with Crippen molar-refractivity contribution in [3.05, 3.63) is 191 Å². The Kier molecular flexibility index (Phi) is 9.26. The first-order chi connectivity index (χ1) is 28.4. The van der Waals surface area contributed by atoms with Crippen molar-refractivity contribution in [3.8, 4) is 56.3 Å². The summed E-state index contributed by atoms with van der Waals surface area (Å²) in [6.45, 7) is 6.41. The highest BCUT2D eigenvalue weighted by atomic mass is 32.1. The SMILES string of the molecule is Cc1ccc(-c2c3nc(c(-c4ccc(C)cc4)c4ccc(s4)c(-c4ccc(C#CC5C=CC=C5)cc4)c4nc(c(-c5ccc(C)cc5)c5ccc2s5)C=C4)C=C3)cc1. The van der Waals surface area contributed by atoms with Crippen LogP contribution >= 0.6 is 22.7 Å². The van der Waals surface area contributed by atoms with Crippen molar-refractivity contribution in [1.82, 2.24) is 9.97 Å². The van der Waals surface area contributed by atoms with Gasteiger partial charge in [0.2, 0.25) is 0 Å². The van der Waals surface area contributed by atoms with Crippen LogP contribution in [0.15, 0.2) is 146 Å². The van der Waals surface area contributed by atoms with E-state index in [1.807, 2.05) is 0 Å². The van der Waals surface area contributed by atoms with E-state index in [4.69, 9.17) is 9.97 Å². The van der Waals surface area contributed by atoms with Gasteiger partial charge in [0.25, 0.3) is 0 Å². The number of aryl methyl sites for hydroxylation is 3. The van der Waals surface area contributed by atoms with Gasteiger partial charge in [-0.25, -0.2) is 9.97 Å². The number of hydrogen-bond acceptors (Lipinski definition) is 4. The predicted octanol–water partition coefficient (Wildman–Crippen LogP) is 14.8.